The van der Waals surface area contributed by atoms with E-state index in [1.165, 1.54) is 6.42 Å². The second-order valence-electron chi connectivity index (χ2n) is 3.52. The SMILES string of the molecule is CC[C@H](C)N1CCC(O)CC1. The summed E-state index contributed by atoms with van der Waals surface area (Å²) in [6.07, 6.45) is 3.11. The fraction of sp³-hybridized carbons (Fsp3) is 1.00. The standard InChI is InChI=1S/C9H19NO/c1-3-8(2)10-6-4-9(11)5-7-10/h8-9,11H,3-7H2,1-2H3/t8-/m0/s1. The Morgan fingerprint density at radius 1 is 1.45 bits per heavy atom. The number of aliphatic hydroxyl groups is 1. The number of hydrogen-bond acceptors (Lipinski definition) is 2. The third-order valence-corrected chi connectivity index (χ3v) is 2.71. The predicted octanol–water partition coefficient (Wildman–Crippen LogP) is 1.24. The van der Waals surface area contributed by atoms with Crippen molar-refractivity contribution in [2.45, 2.75) is 45.3 Å². The molecule has 0 radical (unpaired) electrons. The molecule has 11 heavy (non-hydrogen) atoms. The Labute approximate surface area is 69.2 Å². The molecule has 2 heteroatoms. The first-order valence-electron chi connectivity index (χ1n) is 4.66. The van der Waals surface area contributed by atoms with Crippen LogP contribution in [0.15, 0.2) is 0 Å². The summed E-state index contributed by atoms with van der Waals surface area (Å²) in [5.74, 6) is 0. The average molecular weight is 157 g/mol. The van der Waals surface area contributed by atoms with Gasteiger partial charge in [-0.1, -0.05) is 6.92 Å². The second-order valence-corrected chi connectivity index (χ2v) is 3.52. The van der Waals surface area contributed by atoms with Crippen molar-refractivity contribution in [3.05, 3.63) is 0 Å². The van der Waals surface area contributed by atoms with Gasteiger partial charge in [-0.2, -0.15) is 0 Å². The quantitative estimate of drug-likeness (QED) is 0.652. The average Bonchev–Trinajstić information content (AvgIpc) is 2.05. The molecular weight excluding hydrogens is 138 g/mol. The number of aliphatic hydroxyl groups excluding tert-OH is 1. The van der Waals surface area contributed by atoms with Crippen LogP contribution in [0.2, 0.25) is 0 Å². The number of hydrogen-bond donors (Lipinski definition) is 1. The maximum atomic E-state index is 9.25. The molecule has 1 heterocycles. The molecule has 0 spiro atoms. The minimum absolute atomic E-state index is 0.0321. The topological polar surface area (TPSA) is 23.5 Å². The molecule has 1 atom stereocenters. The molecule has 2 nitrogen and oxygen atoms in total. The first kappa shape index (κ1) is 9.01. The molecule has 1 saturated heterocycles. The van der Waals surface area contributed by atoms with Crippen molar-refractivity contribution in [3.63, 3.8) is 0 Å². The lowest BCUT2D eigenvalue weighted by molar-refractivity contribution is 0.0639. The Bertz CT molecular complexity index is 108. The Hall–Kier alpha value is -0.0800. The van der Waals surface area contributed by atoms with Crippen molar-refractivity contribution in [2.75, 3.05) is 13.1 Å². The molecule has 1 fully saturated rings. The summed E-state index contributed by atoms with van der Waals surface area (Å²) in [5, 5.41) is 9.25. The number of likely N-dealkylation sites (tertiary alicyclic amines) is 1. The molecule has 1 aliphatic rings. The van der Waals surface area contributed by atoms with Crippen molar-refractivity contribution < 1.29 is 5.11 Å². The summed E-state index contributed by atoms with van der Waals surface area (Å²) in [7, 11) is 0. The molecule has 1 rings (SSSR count). The highest BCUT2D eigenvalue weighted by Crippen LogP contribution is 2.13. The van der Waals surface area contributed by atoms with Gasteiger partial charge in [0.25, 0.3) is 0 Å². The fourth-order valence-corrected chi connectivity index (χ4v) is 1.58. The van der Waals surface area contributed by atoms with Crippen LogP contribution in [0.5, 0.6) is 0 Å². The predicted molar refractivity (Wildman–Crippen MR) is 46.6 cm³/mol. The van der Waals surface area contributed by atoms with Gasteiger partial charge in [-0.05, 0) is 26.2 Å². The number of nitrogens with zero attached hydrogens (tertiary/aromatic N) is 1. The fourth-order valence-electron chi connectivity index (χ4n) is 1.58. The van der Waals surface area contributed by atoms with Gasteiger partial charge in [-0.3, -0.25) is 0 Å². The van der Waals surface area contributed by atoms with Crippen LogP contribution in [-0.2, 0) is 0 Å². The highest BCUT2D eigenvalue weighted by molar-refractivity contribution is 4.74. The van der Waals surface area contributed by atoms with Crippen molar-refractivity contribution >= 4 is 0 Å². The van der Waals surface area contributed by atoms with E-state index in [4.69, 9.17) is 0 Å². The van der Waals surface area contributed by atoms with Crippen LogP contribution in [0.1, 0.15) is 33.1 Å². The van der Waals surface area contributed by atoms with Gasteiger partial charge in [0.2, 0.25) is 0 Å². The van der Waals surface area contributed by atoms with Gasteiger partial charge in [0.15, 0.2) is 0 Å². The van der Waals surface area contributed by atoms with Gasteiger partial charge in [0.05, 0.1) is 6.10 Å². The van der Waals surface area contributed by atoms with E-state index in [1.807, 2.05) is 0 Å². The van der Waals surface area contributed by atoms with Crippen LogP contribution in [0, 0.1) is 0 Å². The normalized spacial score (nSPS) is 25.4. The zero-order valence-electron chi connectivity index (χ0n) is 7.58. The Balaban J connectivity index is 2.27. The smallest absolute Gasteiger partial charge is 0.0564 e. The van der Waals surface area contributed by atoms with Crippen LogP contribution in [0.25, 0.3) is 0 Å². The Morgan fingerprint density at radius 3 is 2.45 bits per heavy atom. The lowest BCUT2D eigenvalue weighted by atomic mass is 10.1. The summed E-state index contributed by atoms with van der Waals surface area (Å²) in [6, 6.07) is 0.697. The Kier molecular flexibility index (Phi) is 3.34. The van der Waals surface area contributed by atoms with Crippen molar-refractivity contribution in [1.29, 1.82) is 0 Å². The summed E-state index contributed by atoms with van der Waals surface area (Å²) in [4.78, 5) is 2.46. The lowest BCUT2D eigenvalue weighted by Crippen LogP contribution is -2.41. The Morgan fingerprint density at radius 2 is 2.00 bits per heavy atom. The van der Waals surface area contributed by atoms with E-state index in [1.54, 1.807) is 0 Å². The number of rotatable bonds is 2. The highest BCUT2D eigenvalue weighted by atomic mass is 16.3. The molecule has 0 unspecified atom stereocenters. The van der Waals surface area contributed by atoms with Gasteiger partial charge in [-0.15, -0.1) is 0 Å². The molecule has 1 N–H and O–H groups in total. The van der Waals surface area contributed by atoms with Crippen molar-refractivity contribution in [2.24, 2.45) is 0 Å². The van der Waals surface area contributed by atoms with E-state index < -0.39 is 0 Å². The zero-order chi connectivity index (χ0) is 8.27. The maximum Gasteiger partial charge on any atom is 0.0564 e. The first-order chi connectivity index (χ1) is 5.24. The highest BCUT2D eigenvalue weighted by Gasteiger charge is 2.19. The number of piperidine rings is 1. The molecule has 0 amide bonds. The van der Waals surface area contributed by atoms with E-state index in [-0.39, 0.29) is 6.10 Å². The molecular formula is C9H19NO. The molecule has 0 aromatic carbocycles. The third kappa shape index (κ3) is 2.46. The van der Waals surface area contributed by atoms with Gasteiger partial charge in [0.1, 0.15) is 0 Å². The summed E-state index contributed by atoms with van der Waals surface area (Å²) in [5.41, 5.74) is 0. The molecule has 0 bridgehead atoms. The van der Waals surface area contributed by atoms with Crippen molar-refractivity contribution in [1.82, 2.24) is 4.90 Å². The van der Waals surface area contributed by atoms with Crippen LogP contribution in [-0.4, -0.2) is 35.2 Å². The monoisotopic (exact) mass is 157 g/mol. The van der Waals surface area contributed by atoms with Crippen LogP contribution < -0.4 is 0 Å². The molecule has 0 aliphatic carbocycles. The van der Waals surface area contributed by atoms with Gasteiger partial charge in [0, 0.05) is 19.1 Å². The van der Waals surface area contributed by atoms with E-state index in [9.17, 15) is 5.11 Å². The van der Waals surface area contributed by atoms with E-state index in [0.29, 0.717) is 6.04 Å². The minimum Gasteiger partial charge on any atom is -0.393 e. The second kappa shape index (κ2) is 4.07. The largest absolute Gasteiger partial charge is 0.393 e. The van der Waals surface area contributed by atoms with Crippen LogP contribution in [0.4, 0.5) is 0 Å². The van der Waals surface area contributed by atoms with Crippen molar-refractivity contribution in [3.8, 4) is 0 Å². The van der Waals surface area contributed by atoms with Gasteiger partial charge < -0.3 is 10.0 Å². The summed E-state index contributed by atoms with van der Waals surface area (Å²) < 4.78 is 0. The summed E-state index contributed by atoms with van der Waals surface area (Å²) >= 11 is 0. The van der Waals surface area contributed by atoms with Crippen LogP contribution in [0.3, 0.4) is 0 Å². The van der Waals surface area contributed by atoms with E-state index in [2.05, 4.69) is 18.7 Å². The molecule has 0 saturated carbocycles. The minimum atomic E-state index is -0.0321. The lowest BCUT2D eigenvalue weighted by Gasteiger charge is -2.33. The van der Waals surface area contributed by atoms with Crippen LogP contribution >= 0.6 is 0 Å². The summed E-state index contributed by atoms with van der Waals surface area (Å²) in [6.45, 7) is 6.64. The molecule has 1 aliphatic heterocycles. The van der Waals surface area contributed by atoms with Gasteiger partial charge in [-0.25, -0.2) is 0 Å². The maximum absolute atomic E-state index is 9.25. The van der Waals surface area contributed by atoms with E-state index in [0.717, 1.165) is 25.9 Å². The molecule has 0 aromatic heterocycles. The molecule has 66 valence electrons. The zero-order valence-corrected chi connectivity index (χ0v) is 7.58. The third-order valence-electron chi connectivity index (χ3n) is 2.71. The first-order valence-corrected chi connectivity index (χ1v) is 4.66. The van der Waals surface area contributed by atoms with Gasteiger partial charge >= 0.3 is 0 Å². The van der Waals surface area contributed by atoms with E-state index >= 15 is 0 Å². The molecule has 0 aromatic rings.